The van der Waals surface area contributed by atoms with Crippen molar-refractivity contribution in [2.24, 2.45) is 5.10 Å². The number of allylic oxidation sites excluding steroid dienone is 1. The van der Waals surface area contributed by atoms with E-state index in [0.717, 1.165) is 39.1 Å². The highest BCUT2D eigenvalue weighted by Crippen LogP contribution is 2.41. The first kappa shape index (κ1) is 41.4. The van der Waals surface area contributed by atoms with Crippen molar-refractivity contribution in [2.45, 2.75) is 105 Å². The molecular formula is C56H61N3. The minimum absolute atomic E-state index is 0.0185. The summed E-state index contributed by atoms with van der Waals surface area (Å²) >= 11 is 0. The Balaban J connectivity index is 1.23. The minimum Gasteiger partial charge on any atom is -0.299 e. The Morgan fingerprint density at radius 2 is 0.780 bits per heavy atom. The molecule has 0 aromatic heterocycles. The van der Waals surface area contributed by atoms with E-state index in [1.807, 2.05) is 12.1 Å². The van der Waals surface area contributed by atoms with Crippen LogP contribution in [0.3, 0.4) is 0 Å². The molecule has 300 valence electrons. The molecule has 2 N–H and O–H groups in total. The van der Waals surface area contributed by atoms with Gasteiger partial charge >= 0.3 is 0 Å². The van der Waals surface area contributed by atoms with Gasteiger partial charge in [-0.25, -0.2) is 0 Å². The van der Waals surface area contributed by atoms with Gasteiger partial charge in [-0.3, -0.25) is 10.8 Å². The predicted molar refractivity (Wildman–Crippen MR) is 255 cm³/mol. The average molecular weight is 776 g/mol. The number of anilines is 1. The van der Waals surface area contributed by atoms with Gasteiger partial charge < -0.3 is 0 Å². The second-order valence-electron chi connectivity index (χ2n) is 20.3. The number of nitrogens with one attached hydrogen (secondary N) is 2. The van der Waals surface area contributed by atoms with Crippen LogP contribution in [0.1, 0.15) is 122 Å². The van der Waals surface area contributed by atoms with Crippen LogP contribution in [0, 0.1) is 5.41 Å². The molecule has 0 saturated heterocycles. The third kappa shape index (κ3) is 8.81. The highest BCUT2D eigenvalue weighted by Gasteiger charge is 2.27. The molecule has 0 aliphatic heterocycles. The Labute approximate surface area is 353 Å². The van der Waals surface area contributed by atoms with Gasteiger partial charge in [0.05, 0.1) is 11.4 Å². The molecule has 0 spiro atoms. The molecule has 0 saturated carbocycles. The number of rotatable bonds is 6. The number of hydrazone groups is 1. The van der Waals surface area contributed by atoms with Gasteiger partial charge in [0.2, 0.25) is 0 Å². The van der Waals surface area contributed by atoms with Gasteiger partial charge in [0, 0.05) is 5.56 Å². The van der Waals surface area contributed by atoms with Crippen LogP contribution in [-0.4, -0.2) is 11.4 Å². The van der Waals surface area contributed by atoms with Crippen molar-refractivity contribution in [3.8, 4) is 33.4 Å². The van der Waals surface area contributed by atoms with E-state index in [4.69, 9.17) is 5.10 Å². The molecule has 1 aliphatic carbocycles. The van der Waals surface area contributed by atoms with Crippen LogP contribution in [0.25, 0.3) is 39.0 Å². The lowest BCUT2D eigenvalue weighted by atomic mass is 9.78. The van der Waals surface area contributed by atoms with Crippen molar-refractivity contribution in [3.05, 3.63) is 178 Å². The molecule has 0 bridgehead atoms. The standard InChI is InChI=1S/C56H61N3/c1-53(2,3)39-23-17-36(18-24-39)44-31-27-41(55(7,8)9)33-48(44)38-21-29-43(30-22-38)58-59-52-47-16-14-13-15-46(47)50(35-51(52)57)49-34-42(56(10,11)12)28-32-45(49)37-19-25-40(26-20-37)54(4,5)6/h13-35,57-58H,1-12H3/b57-51?,59-52-. The fourth-order valence-electron chi connectivity index (χ4n) is 7.83. The maximum absolute atomic E-state index is 9.39. The van der Waals surface area contributed by atoms with Crippen LogP contribution in [0.2, 0.25) is 0 Å². The third-order valence-electron chi connectivity index (χ3n) is 11.7. The second-order valence-corrected chi connectivity index (χ2v) is 20.3. The Morgan fingerprint density at radius 1 is 0.390 bits per heavy atom. The van der Waals surface area contributed by atoms with Gasteiger partial charge in [0.1, 0.15) is 5.71 Å². The summed E-state index contributed by atoms with van der Waals surface area (Å²) in [5.74, 6) is 0. The van der Waals surface area contributed by atoms with E-state index in [-0.39, 0.29) is 21.7 Å². The molecule has 3 heteroatoms. The van der Waals surface area contributed by atoms with E-state index in [9.17, 15) is 5.41 Å². The summed E-state index contributed by atoms with van der Waals surface area (Å²) in [6.45, 7) is 27.1. The molecule has 0 fully saturated rings. The van der Waals surface area contributed by atoms with Crippen LogP contribution in [0.5, 0.6) is 0 Å². The predicted octanol–water partition coefficient (Wildman–Crippen LogP) is 15.2. The topological polar surface area (TPSA) is 48.2 Å². The van der Waals surface area contributed by atoms with Gasteiger partial charge in [0.15, 0.2) is 0 Å². The fourth-order valence-corrected chi connectivity index (χ4v) is 7.83. The van der Waals surface area contributed by atoms with Crippen LogP contribution < -0.4 is 5.43 Å². The second kappa shape index (κ2) is 15.4. The van der Waals surface area contributed by atoms with E-state index in [1.54, 1.807) is 0 Å². The quantitative estimate of drug-likeness (QED) is 0.163. The van der Waals surface area contributed by atoms with E-state index in [2.05, 4.69) is 216 Å². The van der Waals surface area contributed by atoms with E-state index >= 15 is 0 Å². The Kier molecular flexibility index (Phi) is 10.8. The normalized spacial score (nSPS) is 14.3. The Bertz CT molecular complexity index is 2570. The van der Waals surface area contributed by atoms with Crippen molar-refractivity contribution in [1.29, 1.82) is 5.41 Å². The maximum atomic E-state index is 9.39. The Hall–Kier alpha value is -5.80. The lowest BCUT2D eigenvalue weighted by Crippen LogP contribution is -2.21. The molecule has 0 amide bonds. The molecule has 3 nitrogen and oxygen atoms in total. The van der Waals surface area contributed by atoms with Gasteiger partial charge in [0.25, 0.3) is 0 Å². The third-order valence-corrected chi connectivity index (χ3v) is 11.7. The van der Waals surface area contributed by atoms with Crippen LogP contribution in [-0.2, 0) is 21.7 Å². The fraction of sp³-hybridized carbons (Fsp3) is 0.286. The average Bonchev–Trinajstić information content (AvgIpc) is 3.19. The van der Waals surface area contributed by atoms with Gasteiger partial charge in [-0.2, -0.15) is 5.10 Å². The van der Waals surface area contributed by atoms with E-state index < -0.39 is 0 Å². The molecule has 0 radical (unpaired) electrons. The zero-order valence-corrected chi connectivity index (χ0v) is 37.2. The molecule has 7 rings (SSSR count). The summed E-state index contributed by atoms with van der Waals surface area (Å²) in [6.07, 6.45) is 2.00. The SMILES string of the molecule is CC(C)(C)c1ccc(-c2ccc(C(C)(C)C)cc2C2=CC(=N)/C(=N\Nc3ccc(-c4cc(C(C)(C)C)ccc4-c4ccc(C(C)(C)C)cc4)cc3)c3ccccc32)cc1. The van der Waals surface area contributed by atoms with Crippen LogP contribution in [0.4, 0.5) is 5.69 Å². The van der Waals surface area contributed by atoms with Crippen LogP contribution >= 0.6 is 0 Å². The van der Waals surface area contributed by atoms with E-state index in [1.165, 1.54) is 44.5 Å². The van der Waals surface area contributed by atoms with Crippen LogP contribution in [0.15, 0.2) is 145 Å². The lowest BCUT2D eigenvalue weighted by Gasteiger charge is -2.26. The summed E-state index contributed by atoms with van der Waals surface area (Å²) in [5, 5.41) is 14.3. The lowest BCUT2D eigenvalue weighted by molar-refractivity contribution is 0.589. The highest BCUT2D eigenvalue weighted by atomic mass is 15.3. The van der Waals surface area contributed by atoms with Crippen molar-refractivity contribution < 1.29 is 0 Å². The van der Waals surface area contributed by atoms with Gasteiger partial charge in [-0.1, -0.05) is 198 Å². The zero-order chi connectivity index (χ0) is 42.5. The largest absolute Gasteiger partial charge is 0.299 e. The molecule has 6 aromatic carbocycles. The first-order valence-corrected chi connectivity index (χ1v) is 21.0. The summed E-state index contributed by atoms with van der Waals surface area (Å²) in [6, 6.07) is 48.6. The smallest absolute Gasteiger partial charge is 0.116 e. The van der Waals surface area contributed by atoms with Crippen molar-refractivity contribution in [3.63, 3.8) is 0 Å². The number of hydrogen-bond acceptors (Lipinski definition) is 3. The number of hydrogen-bond donors (Lipinski definition) is 2. The molecule has 6 aromatic rings. The monoisotopic (exact) mass is 775 g/mol. The number of nitrogens with zero attached hydrogens (tertiary/aromatic N) is 1. The summed E-state index contributed by atoms with van der Waals surface area (Å²) in [7, 11) is 0. The number of fused-ring (bicyclic) bond motifs is 1. The molecule has 59 heavy (non-hydrogen) atoms. The maximum Gasteiger partial charge on any atom is 0.116 e. The van der Waals surface area contributed by atoms with Crippen molar-refractivity contribution in [1.82, 2.24) is 0 Å². The minimum atomic E-state index is -0.0353. The Morgan fingerprint density at radius 3 is 1.25 bits per heavy atom. The van der Waals surface area contributed by atoms with Gasteiger partial charge in [-0.15, -0.1) is 0 Å². The zero-order valence-electron chi connectivity index (χ0n) is 37.2. The highest BCUT2D eigenvalue weighted by molar-refractivity contribution is 6.54. The van der Waals surface area contributed by atoms with Gasteiger partial charge in [-0.05, 0) is 118 Å². The molecule has 0 atom stereocenters. The summed E-state index contributed by atoms with van der Waals surface area (Å²) < 4.78 is 0. The first-order valence-electron chi connectivity index (χ1n) is 21.0. The molecule has 0 unspecified atom stereocenters. The summed E-state index contributed by atoms with van der Waals surface area (Å²) in [4.78, 5) is 0. The molecule has 1 aliphatic rings. The van der Waals surface area contributed by atoms with Crippen molar-refractivity contribution >= 4 is 22.7 Å². The van der Waals surface area contributed by atoms with E-state index in [0.29, 0.717) is 11.4 Å². The van der Waals surface area contributed by atoms with Crippen molar-refractivity contribution in [2.75, 3.05) is 5.43 Å². The first-order chi connectivity index (χ1) is 27.7. The number of benzene rings is 6. The summed E-state index contributed by atoms with van der Waals surface area (Å²) in [5.41, 5.74) is 21.8. The molecule has 0 heterocycles. The molecular weight excluding hydrogens is 715 g/mol.